The number of urea groups is 1. The molecular weight excluding hydrogens is 214 g/mol. The minimum atomic E-state index is -0.155. The summed E-state index contributed by atoms with van der Waals surface area (Å²) in [4.78, 5) is 11.6. The van der Waals surface area contributed by atoms with Crippen molar-refractivity contribution in [2.75, 3.05) is 13.1 Å². The zero-order valence-corrected chi connectivity index (χ0v) is 10.3. The van der Waals surface area contributed by atoms with E-state index in [-0.39, 0.29) is 12.1 Å². The Bertz CT molecular complexity index is 327. The van der Waals surface area contributed by atoms with Gasteiger partial charge in [-0.1, -0.05) is 43.7 Å². The summed E-state index contributed by atoms with van der Waals surface area (Å²) in [6, 6.07) is 9.46. The van der Waals surface area contributed by atoms with Gasteiger partial charge in [-0.05, 0) is 12.0 Å². The van der Waals surface area contributed by atoms with Gasteiger partial charge in [0, 0.05) is 13.1 Å². The minimum absolute atomic E-state index is 0.127. The van der Waals surface area contributed by atoms with Gasteiger partial charge >= 0.3 is 6.03 Å². The summed E-state index contributed by atoms with van der Waals surface area (Å²) in [5.74, 6) is 0. The predicted molar refractivity (Wildman–Crippen MR) is 69.7 cm³/mol. The number of amides is 2. The molecule has 1 aromatic rings. The van der Waals surface area contributed by atoms with Crippen LogP contribution < -0.4 is 16.4 Å². The number of carbonyl (C=O) groups excluding carboxylic acids is 1. The molecule has 94 valence electrons. The van der Waals surface area contributed by atoms with Crippen molar-refractivity contribution in [1.82, 2.24) is 10.6 Å². The van der Waals surface area contributed by atoms with E-state index < -0.39 is 0 Å². The van der Waals surface area contributed by atoms with Gasteiger partial charge in [0.25, 0.3) is 0 Å². The highest BCUT2D eigenvalue weighted by Crippen LogP contribution is 2.10. The highest BCUT2D eigenvalue weighted by Gasteiger charge is 2.11. The molecule has 4 heteroatoms. The molecule has 1 atom stereocenters. The maximum atomic E-state index is 11.6. The fourth-order valence-electron chi connectivity index (χ4n) is 1.55. The lowest BCUT2D eigenvalue weighted by Gasteiger charge is -2.17. The molecule has 2 amide bonds. The maximum Gasteiger partial charge on any atom is 0.315 e. The largest absolute Gasteiger partial charge is 0.338 e. The Labute approximate surface area is 103 Å². The Balaban J connectivity index is 2.44. The van der Waals surface area contributed by atoms with Gasteiger partial charge < -0.3 is 16.4 Å². The number of nitrogens with two attached hydrogens (primary N) is 1. The van der Waals surface area contributed by atoms with Crippen LogP contribution >= 0.6 is 0 Å². The summed E-state index contributed by atoms with van der Waals surface area (Å²) in [5.41, 5.74) is 6.69. The lowest BCUT2D eigenvalue weighted by atomic mass is 10.1. The molecule has 0 aliphatic rings. The molecule has 0 spiro atoms. The number of benzene rings is 1. The Morgan fingerprint density at radius 2 is 2.06 bits per heavy atom. The van der Waals surface area contributed by atoms with Gasteiger partial charge in [0.15, 0.2) is 0 Å². The molecule has 1 aromatic carbocycles. The zero-order chi connectivity index (χ0) is 12.5. The van der Waals surface area contributed by atoms with Crippen molar-refractivity contribution >= 4 is 6.03 Å². The summed E-state index contributed by atoms with van der Waals surface area (Å²) in [5, 5.41) is 5.68. The van der Waals surface area contributed by atoms with Crippen LogP contribution in [0.1, 0.15) is 31.4 Å². The van der Waals surface area contributed by atoms with Crippen molar-refractivity contribution in [3.8, 4) is 0 Å². The molecular formula is C13H21N3O. The number of hydrogen-bond acceptors (Lipinski definition) is 2. The summed E-state index contributed by atoms with van der Waals surface area (Å²) in [7, 11) is 0. The van der Waals surface area contributed by atoms with Gasteiger partial charge in [0.05, 0.1) is 6.04 Å². The van der Waals surface area contributed by atoms with E-state index in [1.807, 2.05) is 30.3 Å². The third-order valence-corrected chi connectivity index (χ3v) is 2.56. The first-order valence-corrected chi connectivity index (χ1v) is 6.07. The second-order valence-corrected chi connectivity index (χ2v) is 3.95. The number of rotatable bonds is 6. The predicted octanol–water partition coefficient (Wildman–Crippen LogP) is 1.79. The van der Waals surface area contributed by atoms with Crippen molar-refractivity contribution in [1.29, 1.82) is 0 Å². The Kier molecular flexibility index (Phi) is 6.10. The zero-order valence-electron chi connectivity index (χ0n) is 10.3. The van der Waals surface area contributed by atoms with Crippen LogP contribution in [0.25, 0.3) is 0 Å². The molecule has 1 unspecified atom stereocenters. The third-order valence-electron chi connectivity index (χ3n) is 2.56. The van der Waals surface area contributed by atoms with Gasteiger partial charge in [0.1, 0.15) is 0 Å². The highest BCUT2D eigenvalue weighted by molar-refractivity contribution is 5.74. The van der Waals surface area contributed by atoms with Gasteiger partial charge in [0.2, 0.25) is 0 Å². The van der Waals surface area contributed by atoms with E-state index >= 15 is 0 Å². The Morgan fingerprint density at radius 3 is 2.65 bits per heavy atom. The number of unbranched alkanes of at least 4 members (excludes halogenated alkanes) is 1. The fraction of sp³-hybridized carbons (Fsp3) is 0.462. The van der Waals surface area contributed by atoms with E-state index in [0.717, 1.165) is 18.4 Å². The third kappa shape index (κ3) is 4.87. The summed E-state index contributed by atoms with van der Waals surface area (Å²) in [6.07, 6.45) is 2.06. The van der Waals surface area contributed by atoms with E-state index in [1.165, 1.54) is 0 Å². The van der Waals surface area contributed by atoms with Gasteiger partial charge in [-0.2, -0.15) is 0 Å². The van der Waals surface area contributed by atoms with Crippen LogP contribution in [0.4, 0.5) is 4.79 Å². The van der Waals surface area contributed by atoms with Crippen molar-refractivity contribution in [3.63, 3.8) is 0 Å². The van der Waals surface area contributed by atoms with Crippen LogP contribution in [0.15, 0.2) is 30.3 Å². The minimum Gasteiger partial charge on any atom is -0.338 e. The van der Waals surface area contributed by atoms with Crippen LogP contribution in [-0.4, -0.2) is 19.1 Å². The van der Waals surface area contributed by atoms with Crippen molar-refractivity contribution in [3.05, 3.63) is 35.9 Å². The molecule has 0 saturated heterocycles. The van der Waals surface area contributed by atoms with Gasteiger partial charge in [-0.15, -0.1) is 0 Å². The molecule has 0 aliphatic heterocycles. The molecule has 0 bridgehead atoms. The van der Waals surface area contributed by atoms with E-state index in [9.17, 15) is 4.79 Å². The number of nitrogens with one attached hydrogen (secondary N) is 2. The standard InChI is InChI=1S/C13H21N3O/c1-2-3-9-15-13(17)16-12(10-14)11-7-5-4-6-8-11/h4-8,12H,2-3,9-10,14H2,1H3,(H2,15,16,17). The molecule has 0 radical (unpaired) electrons. The van der Waals surface area contributed by atoms with E-state index in [2.05, 4.69) is 17.6 Å². The lowest BCUT2D eigenvalue weighted by Crippen LogP contribution is -2.40. The molecule has 1 rings (SSSR count). The first kappa shape index (κ1) is 13.5. The van der Waals surface area contributed by atoms with E-state index in [1.54, 1.807) is 0 Å². The highest BCUT2D eigenvalue weighted by atomic mass is 16.2. The maximum absolute atomic E-state index is 11.6. The Hall–Kier alpha value is -1.55. The van der Waals surface area contributed by atoms with Crippen LogP contribution in [0.3, 0.4) is 0 Å². The first-order valence-electron chi connectivity index (χ1n) is 6.07. The monoisotopic (exact) mass is 235 g/mol. The van der Waals surface area contributed by atoms with Gasteiger partial charge in [-0.3, -0.25) is 0 Å². The lowest BCUT2D eigenvalue weighted by molar-refractivity contribution is 0.237. The van der Waals surface area contributed by atoms with E-state index in [0.29, 0.717) is 13.1 Å². The second-order valence-electron chi connectivity index (χ2n) is 3.95. The number of hydrogen-bond donors (Lipinski definition) is 3. The average Bonchev–Trinajstić information content (AvgIpc) is 2.37. The van der Waals surface area contributed by atoms with E-state index in [4.69, 9.17) is 5.73 Å². The molecule has 0 heterocycles. The summed E-state index contributed by atoms with van der Waals surface area (Å²) < 4.78 is 0. The fourth-order valence-corrected chi connectivity index (χ4v) is 1.55. The van der Waals surface area contributed by atoms with Crippen molar-refractivity contribution in [2.45, 2.75) is 25.8 Å². The molecule has 0 aromatic heterocycles. The smallest absolute Gasteiger partial charge is 0.315 e. The normalized spacial score (nSPS) is 11.9. The molecule has 4 nitrogen and oxygen atoms in total. The van der Waals surface area contributed by atoms with Crippen LogP contribution in [0.5, 0.6) is 0 Å². The SMILES string of the molecule is CCCCNC(=O)NC(CN)c1ccccc1. The topological polar surface area (TPSA) is 67.2 Å². The average molecular weight is 235 g/mol. The molecule has 0 saturated carbocycles. The van der Waals surface area contributed by atoms with Crippen LogP contribution in [-0.2, 0) is 0 Å². The molecule has 4 N–H and O–H groups in total. The summed E-state index contributed by atoms with van der Waals surface area (Å²) >= 11 is 0. The number of carbonyl (C=O) groups is 1. The first-order chi connectivity index (χ1) is 8.27. The van der Waals surface area contributed by atoms with Crippen LogP contribution in [0.2, 0.25) is 0 Å². The Morgan fingerprint density at radius 1 is 1.35 bits per heavy atom. The molecule has 0 aliphatic carbocycles. The molecule has 0 fully saturated rings. The van der Waals surface area contributed by atoms with Gasteiger partial charge in [-0.25, -0.2) is 4.79 Å². The van der Waals surface area contributed by atoms with Crippen molar-refractivity contribution < 1.29 is 4.79 Å². The second kappa shape index (κ2) is 7.68. The quantitative estimate of drug-likeness (QED) is 0.658. The summed E-state index contributed by atoms with van der Waals surface area (Å²) in [6.45, 7) is 3.19. The van der Waals surface area contributed by atoms with Crippen molar-refractivity contribution in [2.24, 2.45) is 5.73 Å². The van der Waals surface area contributed by atoms with Crippen LogP contribution in [0, 0.1) is 0 Å². The molecule has 17 heavy (non-hydrogen) atoms.